The minimum Gasteiger partial charge on any atom is -0.256 e. The van der Waals surface area contributed by atoms with Crippen molar-refractivity contribution in [2.24, 2.45) is 9.98 Å². The molecular weight excluding hydrogens is 596 g/mol. The summed E-state index contributed by atoms with van der Waals surface area (Å²) in [6.07, 6.45) is 10.0. The molecule has 0 amide bonds. The molecule has 0 bridgehead atoms. The summed E-state index contributed by atoms with van der Waals surface area (Å²) >= 11 is 7.24. The number of halogens is 2. The van der Waals surface area contributed by atoms with Crippen molar-refractivity contribution in [1.82, 2.24) is 0 Å². The Morgan fingerprint density at radius 3 is 1.47 bits per heavy atom. The van der Waals surface area contributed by atoms with Crippen molar-refractivity contribution < 1.29 is 0 Å². The van der Waals surface area contributed by atoms with Gasteiger partial charge in [-0.2, -0.15) is 0 Å². The average Bonchev–Trinajstić information content (AvgIpc) is 2.93. The first-order valence-corrected chi connectivity index (χ1v) is 14.8. The Morgan fingerprint density at radius 2 is 1.05 bits per heavy atom. The molecule has 2 nitrogen and oxygen atoms in total. The molecule has 0 atom stereocenters. The van der Waals surface area contributed by atoms with Crippen molar-refractivity contribution >= 4 is 55.7 Å². The summed E-state index contributed by atoms with van der Waals surface area (Å²) in [5, 5.41) is 0. The largest absolute Gasteiger partial charge is 0.256 e. The number of hydrogen-bond acceptors (Lipinski definition) is 2. The predicted molar refractivity (Wildman–Crippen MR) is 169 cm³/mol. The van der Waals surface area contributed by atoms with Crippen LogP contribution in [0, 0.1) is 13.8 Å². The average molecular weight is 628 g/mol. The van der Waals surface area contributed by atoms with Gasteiger partial charge in [0.2, 0.25) is 0 Å². The van der Waals surface area contributed by atoms with Crippen molar-refractivity contribution in [1.29, 1.82) is 0 Å². The van der Waals surface area contributed by atoms with Crippen LogP contribution in [0.25, 0.3) is 0 Å². The second-order valence-corrected chi connectivity index (χ2v) is 11.9. The first kappa shape index (κ1) is 26.8. The van der Waals surface area contributed by atoms with Crippen LogP contribution in [0.1, 0.15) is 65.5 Å². The van der Waals surface area contributed by atoms with E-state index in [1.165, 1.54) is 54.4 Å². The van der Waals surface area contributed by atoms with Gasteiger partial charge in [0.15, 0.2) is 0 Å². The molecular formula is C34H32Br2N2. The molecule has 0 N–H and O–H groups in total. The van der Waals surface area contributed by atoms with Crippen LogP contribution < -0.4 is 0 Å². The Labute approximate surface area is 243 Å². The molecule has 0 saturated heterocycles. The topological polar surface area (TPSA) is 24.7 Å². The Bertz CT molecular complexity index is 1390. The highest BCUT2D eigenvalue weighted by atomic mass is 79.9. The minimum atomic E-state index is 0.0309. The zero-order valence-electron chi connectivity index (χ0n) is 21.9. The molecule has 1 aliphatic carbocycles. The fraction of sp³-hybridized carbons (Fsp3) is 0.235. The van der Waals surface area contributed by atoms with Crippen LogP contribution in [0.4, 0.5) is 11.4 Å². The van der Waals surface area contributed by atoms with Crippen molar-refractivity contribution in [3.05, 3.63) is 127 Å². The van der Waals surface area contributed by atoms with Crippen LogP contribution in [-0.4, -0.2) is 12.4 Å². The Kier molecular flexibility index (Phi) is 8.40. The van der Waals surface area contributed by atoms with E-state index in [9.17, 15) is 0 Å². The predicted octanol–water partition coefficient (Wildman–Crippen LogP) is 10.6. The molecule has 192 valence electrons. The van der Waals surface area contributed by atoms with Crippen molar-refractivity contribution in [3.63, 3.8) is 0 Å². The van der Waals surface area contributed by atoms with Crippen LogP contribution in [-0.2, 0) is 5.41 Å². The van der Waals surface area contributed by atoms with Crippen LogP contribution >= 0.6 is 31.9 Å². The van der Waals surface area contributed by atoms with Gasteiger partial charge in [-0.05, 0) is 73.2 Å². The highest BCUT2D eigenvalue weighted by Gasteiger charge is 2.36. The molecule has 0 aromatic heterocycles. The summed E-state index contributed by atoms with van der Waals surface area (Å²) < 4.78 is 2.11. The zero-order chi connectivity index (χ0) is 26.5. The van der Waals surface area contributed by atoms with E-state index in [-0.39, 0.29) is 5.41 Å². The molecule has 4 aromatic carbocycles. The lowest BCUT2D eigenvalue weighted by Gasteiger charge is -2.39. The summed E-state index contributed by atoms with van der Waals surface area (Å²) in [6.45, 7) is 4.36. The summed E-state index contributed by atoms with van der Waals surface area (Å²) in [5.74, 6) is 0. The van der Waals surface area contributed by atoms with Gasteiger partial charge in [0, 0.05) is 37.9 Å². The summed E-state index contributed by atoms with van der Waals surface area (Å²) in [4.78, 5) is 9.64. The fourth-order valence-corrected chi connectivity index (χ4v) is 6.31. The zero-order valence-corrected chi connectivity index (χ0v) is 25.1. The van der Waals surface area contributed by atoms with Gasteiger partial charge >= 0.3 is 0 Å². The molecule has 0 spiro atoms. The van der Waals surface area contributed by atoms with Crippen molar-refractivity contribution in [2.45, 2.75) is 51.4 Å². The van der Waals surface area contributed by atoms with Crippen LogP contribution in [0.3, 0.4) is 0 Å². The molecule has 0 heterocycles. The first-order chi connectivity index (χ1) is 18.5. The number of hydrogen-bond donors (Lipinski definition) is 0. The van der Waals surface area contributed by atoms with E-state index in [1.54, 1.807) is 0 Å². The lowest BCUT2D eigenvalue weighted by molar-refractivity contribution is 0.346. The molecule has 4 aromatic rings. The highest BCUT2D eigenvalue weighted by molar-refractivity contribution is 9.10. The Morgan fingerprint density at radius 1 is 0.605 bits per heavy atom. The van der Waals surface area contributed by atoms with Gasteiger partial charge in [0.1, 0.15) is 0 Å². The molecule has 0 radical (unpaired) electrons. The summed E-state index contributed by atoms with van der Waals surface area (Å²) in [6, 6.07) is 30.1. The van der Waals surface area contributed by atoms with E-state index in [1.807, 2.05) is 48.8 Å². The van der Waals surface area contributed by atoms with Crippen LogP contribution in [0.5, 0.6) is 0 Å². The van der Waals surface area contributed by atoms with Gasteiger partial charge in [-0.1, -0.05) is 112 Å². The lowest BCUT2D eigenvalue weighted by Crippen LogP contribution is -2.30. The van der Waals surface area contributed by atoms with Crippen LogP contribution in [0.15, 0.2) is 104 Å². The third-order valence-electron chi connectivity index (χ3n) is 7.70. The number of rotatable bonds is 6. The van der Waals surface area contributed by atoms with Crippen molar-refractivity contribution in [2.75, 3.05) is 0 Å². The van der Waals surface area contributed by atoms with E-state index >= 15 is 0 Å². The third kappa shape index (κ3) is 5.77. The van der Waals surface area contributed by atoms with Gasteiger partial charge in [0.25, 0.3) is 0 Å². The number of aliphatic imine (C=N–C) groups is 2. The minimum absolute atomic E-state index is 0.0309. The second-order valence-electron chi connectivity index (χ2n) is 10.2. The quantitative estimate of drug-likeness (QED) is 0.190. The lowest BCUT2D eigenvalue weighted by atomic mass is 9.65. The maximum atomic E-state index is 4.82. The molecule has 1 aliphatic rings. The van der Waals surface area contributed by atoms with E-state index in [0.717, 1.165) is 31.4 Å². The Balaban J connectivity index is 1.46. The molecule has 1 fully saturated rings. The van der Waals surface area contributed by atoms with Gasteiger partial charge in [-0.15, -0.1) is 0 Å². The molecule has 0 aliphatic heterocycles. The maximum Gasteiger partial charge on any atom is 0.0659 e. The number of nitrogens with zero attached hydrogens (tertiary/aromatic N) is 2. The monoisotopic (exact) mass is 626 g/mol. The smallest absolute Gasteiger partial charge is 0.0659 e. The maximum absolute atomic E-state index is 4.82. The fourth-order valence-electron chi connectivity index (χ4n) is 5.53. The molecule has 0 unspecified atom stereocenters. The molecule has 38 heavy (non-hydrogen) atoms. The van der Waals surface area contributed by atoms with Gasteiger partial charge in [-0.25, -0.2) is 0 Å². The standard InChI is InChI=1S/C34H32Br2N2/c1-24-20-28(14-16-32(24)37-22-26-10-4-6-12-30(26)35)34(18-8-3-9-19-34)29-15-17-33(25(2)21-29)38-23-27-11-5-7-13-31(27)36/h4-7,10-17,20-23H,3,8-9,18-19H2,1-2H3. The van der Waals surface area contributed by atoms with Gasteiger partial charge in [-0.3, -0.25) is 9.98 Å². The van der Waals surface area contributed by atoms with E-state index in [0.29, 0.717) is 0 Å². The third-order valence-corrected chi connectivity index (χ3v) is 9.15. The Hall–Kier alpha value is -2.82. The number of benzene rings is 4. The second kappa shape index (κ2) is 11.9. The van der Waals surface area contributed by atoms with E-state index in [2.05, 4.69) is 94.2 Å². The molecule has 1 saturated carbocycles. The number of aryl methyl sites for hydroxylation is 2. The highest BCUT2D eigenvalue weighted by Crippen LogP contribution is 2.46. The molecule has 4 heteroatoms. The SMILES string of the molecule is Cc1cc(C2(c3ccc(N=Cc4ccccc4Br)c(C)c3)CCCCC2)ccc1N=Cc1ccccc1Br. The summed E-state index contributed by atoms with van der Waals surface area (Å²) in [7, 11) is 0. The first-order valence-electron chi connectivity index (χ1n) is 13.3. The van der Waals surface area contributed by atoms with Crippen molar-refractivity contribution in [3.8, 4) is 0 Å². The van der Waals surface area contributed by atoms with Crippen LogP contribution in [0.2, 0.25) is 0 Å². The van der Waals surface area contributed by atoms with Gasteiger partial charge in [0.05, 0.1) is 11.4 Å². The van der Waals surface area contributed by atoms with E-state index < -0.39 is 0 Å². The molecule has 5 rings (SSSR count). The van der Waals surface area contributed by atoms with Gasteiger partial charge < -0.3 is 0 Å². The normalized spacial score (nSPS) is 15.4. The van der Waals surface area contributed by atoms with E-state index in [4.69, 9.17) is 9.98 Å². The summed E-state index contributed by atoms with van der Waals surface area (Å²) in [5.41, 5.74) is 9.45.